The summed E-state index contributed by atoms with van der Waals surface area (Å²) in [5.41, 5.74) is 1.77. The summed E-state index contributed by atoms with van der Waals surface area (Å²) in [7, 11) is 0. The minimum absolute atomic E-state index is 0.382. The molecule has 0 aromatic carbocycles. The molecule has 1 atom stereocenters. The molecule has 1 N–H and O–H groups in total. The first-order valence-corrected chi connectivity index (χ1v) is 8.17. The number of nitrogens with zero attached hydrogens (tertiary/aromatic N) is 1. The second-order valence-corrected chi connectivity index (χ2v) is 6.70. The number of hydrogen-bond donors (Lipinski definition) is 1. The van der Waals surface area contributed by atoms with Gasteiger partial charge < -0.3 is 9.73 Å². The van der Waals surface area contributed by atoms with Crippen molar-refractivity contribution in [3.63, 3.8) is 0 Å². The predicted molar refractivity (Wildman–Crippen MR) is 82.0 cm³/mol. The van der Waals surface area contributed by atoms with Gasteiger partial charge in [0.25, 0.3) is 0 Å². The van der Waals surface area contributed by atoms with Crippen LogP contribution >= 0.6 is 0 Å². The Kier molecular flexibility index (Phi) is 3.91. The fraction of sp³-hybridized carbons (Fsp3) is 0.765. The van der Waals surface area contributed by atoms with Gasteiger partial charge in [-0.2, -0.15) is 0 Å². The third kappa shape index (κ3) is 2.42. The van der Waals surface area contributed by atoms with Crippen molar-refractivity contribution in [2.45, 2.75) is 64.5 Å². The van der Waals surface area contributed by atoms with E-state index >= 15 is 0 Å². The molecule has 2 heterocycles. The Bertz CT molecular complexity index is 451. The zero-order chi connectivity index (χ0) is 14.2. The summed E-state index contributed by atoms with van der Waals surface area (Å²) in [4.78, 5) is 2.76. The molecule has 3 rings (SSSR count). The Morgan fingerprint density at radius 2 is 2.00 bits per heavy atom. The minimum Gasteiger partial charge on any atom is -0.466 e. The summed E-state index contributed by atoms with van der Waals surface area (Å²) < 4.78 is 5.76. The molecule has 112 valence electrons. The van der Waals surface area contributed by atoms with Gasteiger partial charge in [0.05, 0.1) is 0 Å². The first kappa shape index (κ1) is 14.2. The Hall–Kier alpha value is -0.800. The molecule has 1 unspecified atom stereocenters. The number of piperazine rings is 1. The van der Waals surface area contributed by atoms with Crippen LogP contribution in [0.25, 0.3) is 0 Å². The van der Waals surface area contributed by atoms with Crippen molar-refractivity contribution >= 4 is 0 Å². The largest absolute Gasteiger partial charge is 0.466 e. The molecule has 1 aliphatic carbocycles. The Morgan fingerprint density at radius 1 is 1.25 bits per heavy atom. The lowest BCUT2D eigenvalue weighted by Crippen LogP contribution is -2.62. The van der Waals surface area contributed by atoms with Gasteiger partial charge in [-0.3, -0.25) is 4.90 Å². The van der Waals surface area contributed by atoms with Crippen LogP contribution in [-0.4, -0.2) is 30.1 Å². The standard InChI is InChI=1S/C17H28N2O/c1-13-11-16(15(3)20-13)14(2)19-10-9-18-12-17(19)7-5-4-6-8-17/h11,14,18H,4-10,12H2,1-3H3. The van der Waals surface area contributed by atoms with Gasteiger partial charge in [-0.25, -0.2) is 0 Å². The maximum Gasteiger partial charge on any atom is 0.105 e. The van der Waals surface area contributed by atoms with Gasteiger partial charge in [-0.05, 0) is 39.7 Å². The first-order valence-electron chi connectivity index (χ1n) is 8.17. The number of rotatable bonds is 2. The van der Waals surface area contributed by atoms with Crippen molar-refractivity contribution in [2.75, 3.05) is 19.6 Å². The van der Waals surface area contributed by atoms with Crippen LogP contribution in [0.3, 0.4) is 0 Å². The van der Waals surface area contributed by atoms with Gasteiger partial charge in [-0.1, -0.05) is 19.3 Å². The van der Waals surface area contributed by atoms with Crippen molar-refractivity contribution in [1.82, 2.24) is 10.2 Å². The second-order valence-electron chi connectivity index (χ2n) is 6.70. The fourth-order valence-corrected chi connectivity index (χ4v) is 4.37. The van der Waals surface area contributed by atoms with Crippen LogP contribution in [0.15, 0.2) is 10.5 Å². The van der Waals surface area contributed by atoms with Gasteiger partial charge in [-0.15, -0.1) is 0 Å². The van der Waals surface area contributed by atoms with E-state index in [1.807, 2.05) is 0 Å². The van der Waals surface area contributed by atoms with Crippen LogP contribution in [0.2, 0.25) is 0 Å². The summed E-state index contributed by atoms with van der Waals surface area (Å²) in [5, 5.41) is 3.64. The van der Waals surface area contributed by atoms with E-state index < -0.39 is 0 Å². The molecule has 1 saturated carbocycles. The number of nitrogens with one attached hydrogen (secondary N) is 1. The van der Waals surface area contributed by atoms with Crippen LogP contribution in [0.4, 0.5) is 0 Å². The van der Waals surface area contributed by atoms with Crippen molar-refractivity contribution in [3.8, 4) is 0 Å². The van der Waals surface area contributed by atoms with Crippen LogP contribution in [0.5, 0.6) is 0 Å². The highest BCUT2D eigenvalue weighted by atomic mass is 16.3. The number of aryl methyl sites for hydroxylation is 2. The molecule has 1 aromatic rings. The lowest BCUT2D eigenvalue weighted by atomic mass is 9.78. The maximum absolute atomic E-state index is 5.76. The monoisotopic (exact) mass is 276 g/mol. The van der Waals surface area contributed by atoms with E-state index in [1.54, 1.807) is 0 Å². The molecule has 0 radical (unpaired) electrons. The zero-order valence-corrected chi connectivity index (χ0v) is 13.2. The Morgan fingerprint density at radius 3 is 2.65 bits per heavy atom. The number of furan rings is 1. The molecule has 1 saturated heterocycles. The minimum atomic E-state index is 0.382. The average molecular weight is 276 g/mol. The lowest BCUT2D eigenvalue weighted by Gasteiger charge is -2.52. The van der Waals surface area contributed by atoms with Crippen LogP contribution in [0.1, 0.15) is 62.2 Å². The molecule has 1 aromatic heterocycles. The van der Waals surface area contributed by atoms with E-state index in [4.69, 9.17) is 4.42 Å². The zero-order valence-electron chi connectivity index (χ0n) is 13.2. The van der Waals surface area contributed by atoms with Gasteiger partial charge in [0.2, 0.25) is 0 Å². The molecular formula is C17H28N2O. The van der Waals surface area contributed by atoms with E-state index in [9.17, 15) is 0 Å². The molecular weight excluding hydrogens is 248 g/mol. The molecule has 3 nitrogen and oxygen atoms in total. The normalized spacial score (nSPS) is 24.9. The molecule has 0 amide bonds. The molecule has 0 bridgehead atoms. The second kappa shape index (κ2) is 5.53. The third-order valence-electron chi connectivity index (χ3n) is 5.37. The topological polar surface area (TPSA) is 28.4 Å². The Balaban J connectivity index is 1.87. The summed E-state index contributed by atoms with van der Waals surface area (Å²) >= 11 is 0. The summed E-state index contributed by atoms with van der Waals surface area (Å²) in [6.07, 6.45) is 6.87. The van der Waals surface area contributed by atoms with Gasteiger partial charge >= 0.3 is 0 Å². The van der Waals surface area contributed by atoms with Crippen LogP contribution in [-0.2, 0) is 0 Å². The molecule has 2 fully saturated rings. The smallest absolute Gasteiger partial charge is 0.105 e. The molecule has 2 aliphatic rings. The highest BCUT2D eigenvalue weighted by molar-refractivity contribution is 5.24. The van der Waals surface area contributed by atoms with E-state index in [-0.39, 0.29) is 0 Å². The molecule has 20 heavy (non-hydrogen) atoms. The highest BCUT2D eigenvalue weighted by Gasteiger charge is 2.42. The predicted octanol–water partition coefficient (Wildman–Crippen LogP) is 3.57. The van der Waals surface area contributed by atoms with Gasteiger partial charge in [0.15, 0.2) is 0 Å². The first-order chi connectivity index (χ1) is 9.62. The number of hydrogen-bond acceptors (Lipinski definition) is 3. The van der Waals surface area contributed by atoms with Gasteiger partial charge in [0, 0.05) is 36.8 Å². The Labute approximate surface area is 122 Å². The van der Waals surface area contributed by atoms with Crippen molar-refractivity contribution in [1.29, 1.82) is 0 Å². The van der Waals surface area contributed by atoms with E-state index in [0.717, 1.165) is 31.2 Å². The fourth-order valence-electron chi connectivity index (χ4n) is 4.37. The highest BCUT2D eigenvalue weighted by Crippen LogP contribution is 2.40. The van der Waals surface area contributed by atoms with Crippen molar-refractivity contribution in [2.24, 2.45) is 0 Å². The van der Waals surface area contributed by atoms with E-state index in [1.165, 1.54) is 37.7 Å². The van der Waals surface area contributed by atoms with Crippen molar-refractivity contribution in [3.05, 3.63) is 23.2 Å². The summed E-state index contributed by atoms with van der Waals surface area (Å²) in [5.74, 6) is 2.14. The molecule has 1 spiro atoms. The van der Waals surface area contributed by atoms with Crippen LogP contribution < -0.4 is 5.32 Å². The quantitative estimate of drug-likeness (QED) is 0.895. The molecule has 3 heteroatoms. The van der Waals surface area contributed by atoms with Crippen LogP contribution in [0, 0.1) is 13.8 Å². The average Bonchev–Trinajstić information content (AvgIpc) is 2.78. The summed E-state index contributed by atoms with van der Waals surface area (Å²) in [6, 6.07) is 2.70. The lowest BCUT2D eigenvalue weighted by molar-refractivity contribution is -0.00315. The van der Waals surface area contributed by atoms with E-state index in [0.29, 0.717) is 11.6 Å². The van der Waals surface area contributed by atoms with Crippen molar-refractivity contribution < 1.29 is 4.42 Å². The SMILES string of the molecule is Cc1cc(C(C)N2CCNCC23CCCCC3)c(C)o1. The molecule has 1 aliphatic heterocycles. The maximum atomic E-state index is 5.76. The van der Waals surface area contributed by atoms with E-state index in [2.05, 4.69) is 37.1 Å². The van der Waals surface area contributed by atoms with Gasteiger partial charge in [0.1, 0.15) is 11.5 Å². The third-order valence-corrected chi connectivity index (χ3v) is 5.37. The summed E-state index contributed by atoms with van der Waals surface area (Å²) in [6.45, 7) is 9.95.